The number of hydrogen-bond donors (Lipinski definition) is 0. The molecule has 164 valence electrons. The lowest BCUT2D eigenvalue weighted by atomic mass is 9.83. The molecular formula is C24H40Br3I. The zero-order valence-electron chi connectivity index (χ0n) is 17.5. The third kappa shape index (κ3) is 11.5. The second kappa shape index (κ2) is 15.7. The van der Waals surface area contributed by atoms with E-state index < -0.39 is 0 Å². The smallest absolute Gasteiger partial charge is 0.0155 e. The standard InChI is InChI=1S/C24H40Br3I/c25-21-11-6-4-2-1-3-5-9-19(13-14-21)20-10-7-8-12-22(26)18-24(28)16-15-23(27)17-20/h9,20-24H,1-8,10-18H2/b19-9+. The van der Waals surface area contributed by atoms with Crippen LogP contribution in [0.25, 0.3) is 0 Å². The van der Waals surface area contributed by atoms with Gasteiger partial charge in [-0.3, -0.25) is 0 Å². The minimum absolute atomic E-state index is 0.685. The van der Waals surface area contributed by atoms with Gasteiger partial charge in [0.2, 0.25) is 0 Å². The minimum atomic E-state index is 0.685. The molecule has 0 spiro atoms. The van der Waals surface area contributed by atoms with Crippen LogP contribution >= 0.6 is 70.4 Å². The summed E-state index contributed by atoms with van der Waals surface area (Å²) in [6.45, 7) is 0. The number of hydrogen-bond acceptors (Lipinski definition) is 0. The van der Waals surface area contributed by atoms with E-state index in [4.69, 9.17) is 0 Å². The zero-order chi connectivity index (χ0) is 20.2. The molecule has 0 saturated heterocycles. The fraction of sp³-hybridized carbons (Fsp3) is 0.917. The first-order chi connectivity index (χ1) is 13.5. The maximum Gasteiger partial charge on any atom is 0.0155 e. The van der Waals surface area contributed by atoms with Crippen LogP contribution < -0.4 is 0 Å². The maximum absolute atomic E-state index is 4.07. The van der Waals surface area contributed by atoms with E-state index in [1.807, 2.05) is 0 Å². The number of rotatable bonds is 1. The predicted molar refractivity (Wildman–Crippen MR) is 146 cm³/mol. The van der Waals surface area contributed by atoms with E-state index in [0.717, 1.165) is 19.5 Å². The second-order valence-electron chi connectivity index (χ2n) is 9.08. The van der Waals surface area contributed by atoms with Crippen LogP contribution in [0.3, 0.4) is 0 Å². The van der Waals surface area contributed by atoms with E-state index in [0.29, 0.717) is 4.83 Å². The molecular weight excluding hydrogens is 655 g/mol. The maximum atomic E-state index is 4.07. The Morgan fingerprint density at radius 1 is 0.643 bits per heavy atom. The predicted octanol–water partition coefficient (Wildman–Crippen LogP) is 10.3. The largest absolute Gasteiger partial charge is 0.0891 e. The van der Waals surface area contributed by atoms with E-state index in [1.54, 1.807) is 5.57 Å². The molecule has 2 aliphatic rings. The molecule has 0 bridgehead atoms. The van der Waals surface area contributed by atoms with Gasteiger partial charge >= 0.3 is 0 Å². The third-order valence-electron chi connectivity index (χ3n) is 6.56. The van der Waals surface area contributed by atoms with Crippen LogP contribution in [0, 0.1) is 5.92 Å². The first kappa shape index (κ1) is 26.2. The molecule has 28 heavy (non-hydrogen) atoms. The summed E-state index contributed by atoms with van der Waals surface area (Å²) in [5.74, 6) is 0.799. The van der Waals surface area contributed by atoms with Gasteiger partial charge in [-0.15, -0.1) is 0 Å². The molecule has 0 aliphatic heterocycles. The molecule has 0 aromatic heterocycles. The molecule has 0 aromatic rings. The van der Waals surface area contributed by atoms with Crippen molar-refractivity contribution in [2.45, 2.75) is 128 Å². The SMILES string of the molecule is BrC1CCCCCCC/C=C(/C2CCCCC(Br)CC(I)CCC(Br)C2)CC1. The molecule has 2 rings (SSSR count). The molecule has 4 heteroatoms. The molecule has 0 radical (unpaired) electrons. The Kier molecular flexibility index (Phi) is 14.6. The summed E-state index contributed by atoms with van der Waals surface area (Å²) in [5, 5.41) is 0. The van der Waals surface area contributed by atoms with Gasteiger partial charge in [0.25, 0.3) is 0 Å². The van der Waals surface area contributed by atoms with Crippen molar-refractivity contribution in [3.8, 4) is 0 Å². The summed E-state index contributed by atoms with van der Waals surface area (Å²) in [5.41, 5.74) is 1.80. The van der Waals surface area contributed by atoms with E-state index in [1.165, 1.54) is 109 Å². The molecule has 0 aromatic carbocycles. The summed E-state index contributed by atoms with van der Waals surface area (Å²) in [7, 11) is 0. The van der Waals surface area contributed by atoms with Crippen molar-refractivity contribution in [1.82, 2.24) is 0 Å². The Bertz CT molecular complexity index is 440. The molecule has 1 saturated carbocycles. The molecule has 0 amide bonds. The summed E-state index contributed by atoms with van der Waals surface area (Å²) in [4.78, 5) is 2.12. The van der Waals surface area contributed by atoms with E-state index >= 15 is 0 Å². The Balaban J connectivity index is 2.03. The normalized spacial score (nSPS) is 38.0. The molecule has 5 unspecified atom stereocenters. The highest BCUT2D eigenvalue weighted by molar-refractivity contribution is 14.1. The average Bonchev–Trinajstić information content (AvgIpc) is 2.65. The first-order valence-corrected chi connectivity index (χ1v) is 15.8. The van der Waals surface area contributed by atoms with Crippen LogP contribution in [0.4, 0.5) is 0 Å². The van der Waals surface area contributed by atoms with Gasteiger partial charge in [0.1, 0.15) is 0 Å². The Morgan fingerprint density at radius 2 is 1.29 bits per heavy atom. The van der Waals surface area contributed by atoms with Gasteiger partial charge < -0.3 is 0 Å². The van der Waals surface area contributed by atoms with Gasteiger partial charge in [-0.2, -0.15) is 0 Å². The lowest BCUT2D eigenvalue weighted by Crippen LogP contribution is -2.16. The van der Waals surface area contributed by atoms with Crippen LogP contribution in [0.15, 0.2) is 11.6 Å². The molecule has 0 N–H and O–H groups in total. The van der Waals surface area contributed by atoms with Crippen molar-refractivity contribution < 1.29 is 0 Å². The summed E-state index contributed by atoms with van der Waals surface area (Å²) >= 11 is 14.7. The number of alkyl halides is 4. The fourth-order valence-electron chi connectivity index (χ4n) is 4.78. The van der Waals surface area contributed by atoms with Gasteiger partial charge in [-0.05, 0) is 76.5 Å². The topological polar surface area (TPSA) is 0 Å². The Hall–Kier alpha value is 1.91. The fourth-order valence-corrected chi connectivity index (χ4v) is 8.50. The average molecular weight is 695 g/mol. The lowest BCUT2D eigenvalue weighted by Gasteiger charge is -2.26. The van der Waals surface area contributed by atoms with Crippen molar-refractivity contribution >= 4 is 70.4 Å². The molecule has 2 aliphatic carbocycles. The summed E-state index contributed by atoms with van der Waals surface area (Å²) < 4.78 is 0.814. The molecule has 0 nitrogen and oxygen atoms in total. The molecule has 0 heterocycles. The van der Waals surface area contributed by atoms with Crippen molar-refractivity contribution in [2.75, 3.05) is 0 Å². The van der Waals surface area contributed by atoms with Crippen LogP contribution in [0.2, 0.25) is 0 Å². The van der Waals surface area contributed by atoms with Gasteiger partial charge in [-0.25, -0.2) is 0 Å². The van der Waals surface area contributed by atoms with Gasteiger partial charge in [0, 0.05) is 18.4 Å². The van der Waals surface area contributed by atoms with Crippen molar-refractivity contribution in [3.05, 3.63) is 11.6 Å². The highest BCUT2D eigenvalue weighted by Gasteiger charge is 2.22. The lowest BCUT2D eigenvalue weighted by molar-refractivity contribution is 0.437. The van der Waals surface area contributed by atoms with Gasteiger partial charge in [0.05, 0.1) is 0 Å². The summed E-state index contributed by atoms with van der Waals surface area (Å²) in [6, 6.07) is 0. The van der Waals surface area contributed by atoms with E-state index in [9.17, 15) is 0 Å². The molecule has 5 atom stereocenters. The highest BCUT2D eigenvalue weighted by atomic mass is 127. The third-order valence-corrected chi connectivity index (χ3v) is 10.3. The quantitative estimate of drug-likeness (QED) is 0.146. The van der Waals surface area contributed by atoms with E-state index in [2.05, 4.69) is 76.5 Å². The van der Waals surface area contributed by atoms with Gasteiger partial charge in [-0.1, -0.05) is 121 Å². The van der Waals surface area contributed by atoms with E-state index in [-0.39, 0.29) is 0 Å². The first-order valence-electron chi connectivity index (χ1n) is 11.8. The monoisotopic (exact) mass is 692 g/mol. The molecule has 1 fully saturated rings. The zero-order valence-corrected chi connectivity index (χ0v) is 24.4. The highest BCUT2D eigenvalue weighted by Crippen LogP contribution is 2.35. The number of allylic oxidation sites excluding steroid dienone is 2. The van der Waals surface area contributed by atoms with Crippen molar-refractivity contribution in [1.29, 1.82) is 0 Å². The van der Waals surface area contributed by atoms with Crippen LogP contribution in [-0.2, 0) is 0 Å². The summed E-state index contributed by atoms with van der Waals surface area (Å²) in [6.07, 6.45) is 26.0. The van der Waals surface area contributed by atoms with Crippen LogP contribution in [0.1, 0.15) is 109 Å². The van der Waals surface area contributed by atoms with Crippen LogP contribution in [-0.4, -0.2) is 18.4 Å². The Labute approximate surface area is 213 Å². The Morgan fingerprint density at radius 3 is 2.14 bits per heavy atom. The van der Waals surface area contributed by atoms with Crippen molar-refractivity contribution in [2.24, 2.45) is 5.92 Å². The van der Waals surface area contributed by atoms with Crippen molar-refractivity contribution in [3.63, 3.8) is 0 Å². The second-order valence-corrected chi connectivity index (χ2v) is 14.7. The minimum Gasteiger partial charge on any atom is -0.0891 e. The van der Waals surface area contributed by atoms with Gasteiger partial charge in [0.15, 0.2) is 0 Å². The number of halogens is 4. The van der Waals surface area contributed by atoms with Crippen LogP contribution in [0.5, 0.6) is 0 Å².